The molecule has 0 saturated heterocycles. The van der Waals surface area contributed by atoms with E-state index in [2.05, 4.69) is 73.1 Å². The Hall–Kier alpha value is -2.19. The van der Waals surface area contributed by atoms with Gasteiger partial charge in [-0.25, -0.2) is 0 Å². The molecule has 0 amide bonds. The van der Waals surface area contributed by atoms with Crippen molar-refractivity contribution >= 4 is 32.3 Å². The summed E-state index contributed by atoms with van der Waals surface area (Å²) in [7, 11) is 2.22. The molecule has 4 aromatic rings. The maximum atomic E-state index is 2.50. The van der Waals surface area contributed by atoms with E-state index in [-0.39, 0.29) is 0 Å². The standard InChI is InChI=1S/C24H24NS/c1-16-18-11-6-8-14-23(18)26-24(16)22-15-20(17-9-3-4-10-17)19-12-5-7-13-21(19)25(22)2/h5-8,11-15,17H,3-4,9-10H2,1-2H3/q+1. The van der Waals surface area contributed by atoms with Crippen molar-refractivity contribution in [3.63, 3.8) is 0 Å². The summed E-state index contributed by atoms with van der Waals surface area (Å²) in [6.07, 6.45) is 5.42. The molecule has 1 aliphatic carbocycles. The average molecular weight is 359 g/mol. The number of aromatic nitrogens is 1. The lowest BCUT2D eigenvalue weighted by Crippen LogP contribution is -2.32. The molecular formula is C24H24NS+. The molecule has 26 heavy (non-hydrogen) atoms. The summed E-state index contributed by atoms with van der Waals surface area (Å²) in [5.74, 6) is 0.717. The van der Waals surface area contributed by atoms with Crippen molar-refractivity contribution in [2.75, 3.05) is 0 Å². The van der Waals surface area contributed by atoms with Gasteiger partial charge in [0.2, 0.25) is 11.2 Å². The molecule has 0 atom stereocenters. The Labute approximate surface area is 158 Å². The number of thiophene rings is 1. The molecule has 0 aliphatic heterocycles. The Morgan fingerprint density at radius 1 is 0.923 bits per heavy atom. The van der Waals surface area contributed by atoms with E-state index < -0.39 is 0 Å². The third-order valence-electron chi connectivity index (χ3n) is 6.10. The maximum Gasteiger partial charge on any atom is 0.223 e. The van der Waals surface area contributed by atoms with Gasteiger partial charge in [0.1, 0.15) is 11.9 Å². The van der Waals surface area contributed by atoms with Crippen LogP contribution < -0.4 is 4.57 Å². The van der Waals surface area contributed by atoms with Crippen LogP contribution in [0.25, 0.3) is 31.6 Å². The van der Waals surface area contributed by atoms with Crippen LogP contribution in [0, 0.1) is 6.92 Å². The lowest BCUT2D eigenvalue weighted by Gasteiger charge is -2.14. The molecule has 1 saturated carbocycles. The fraction of sp³-hybridized carbons (Fsp3) is 0.292. The van der Waals surface area contributed by atoms with Crippen LogP contribution in [-0.4, -0.2) is 0 Å². The smallest absolute Gasteiger partial charge is 0.193 e. The third-order valence-corrected chi connectivity index (χ3v) is 7.40. The van der Waals surface area contributed by atoms with Crippen LogP contribution in [0.5, 0.6) is 0 Å². The Morgan fingerprint density at radius 2 is 1.62 bits per heavy atom. The van der Waals surface area contributed by atoms with E-state index in [0.29, 0.717) is 0 Å². The Kier molecular flexibility index (Phi) is 3.82. The van der Waals surface area contributed by atoms with Gasteiger partial charge in [-0.3, -0.25) is 0 Å². The minimum absolute atomic E-state index is 0.717. The second-order valence-electron chi connectivity index (χ2n) is 7.59. The normalized spacial score (nSPS) is 15.3. The molecule has 130 valence electrons. The molecule has 2 heterocycles. The first-order chi connectivity index (χ1) is 12.7. The fourth-order valence-electron chi connectivity index (χ4n) is 4.67. The number of hydrogen-bond donors (Lipinski definition) is 0. The lowest BCUT2D eigenvalue weighted by atomic mass is 9.92. The summed E-state index contributed by atoms with van der Waals surface area (Å²) >= 11 is 1.93. The first-order valence-corrected chi connectivity index (χ1v) is 10.5. The number of benzene rings is 2. The zero-order valence-electron chi connectivity index (χ0n) is 15.5. The van der Waals surface area contributed by atoms with Crippen molar-refractivity contribution in [1.29, 1.82) is 0 Å². The summed E-state index contributed by atoms with van der Waals surface area (Å²) in [5.41, 5.74) is 5.69. The Morgan fingerprint density at radius 3 is 2.38 bits per heavy atom. The Bertz CT molecular complexity index is 1120. The fourth-order valence-corrected chi connectivity index (χ4v) is 5.93. The number of rotatable bonds is 2. The van der Waals surface area contributed by atoms with Crippen molar-refractivity contribution < 1.29 is 4.57 Å². The molecular weight excluding hydrogens is 334 g/mol. The molecule has 1 fully saturated rings. The van der Waals surface area contributed by atoms with Crippen molar-refractivity contribution in [1.82, 2.24) is 0 Å². The third kappa shape index (κ3) is 2.39. The lowest BCUT2D eigenvalue weighted by molar-refractivity contribution is -0.633. The molecule has 2 aromatic carbocycles. The van der Waals surface area contributed by atoms with E-state index in [0.717, 1.165) is 5.92 Å². The number of fused-ring (bicyclic) bond motifs is 2. The second kappa shape index (κ2) is 6.21. The molecule has 0 N–H and O–H groups in total. The molecule has 1 nitrogen and oxygen atoms in total. The largest absolute Gasteiger partial charge is 0.223 e. The van der Waals surface area contributed by atoms with E-state index in [1.807, 2.05) is 11.3 Å². The number of para-hydroxylation sites is 1. The van der Waals surface area contributed by atoms with Gasteiger partial charge in [-0.15, -0.1) is 11.3 Å². The van der Waals surface area contributed by atoms with Gasteiger partial charge < -0.3 is 0 Å². The summed E-state index contributed by atoms with van der Waals surface area (Å²) in [6.45, 7) is 2.28. The Balaban J connectivity index is 1.82. The van der Waals surface area contributed by atoms with Crippen molar-refractivity contribution in [3.05, 3.63) is 65.7 Å². The highest BCUT2D eigenvalue weighted by atomic mass is 32.1. The van der Waals surface area contributed by atoms with E-state index in [1.54, 1.807) is 5.56 Å². The van der Waals surface area contributed by atoms with Gasteiger partial charge in [-0.05, 0) is 54.3 Å². The van der Waals surface area contributed by atoms with E-state index >= 15 is 0 Å². The molecule has 0 radical (unpaired) electrons. The average Bonchev–Trinajstić information content (AvgIpc) is 3.31. The zero-order chi connectivity index (χ0) is 17.7. The maximum absolute atomic E-state index is 2.50. The quantitative estimate of drug-likeness (QED) is 0.360. The van der Waals surface area contributed by atoms with Crippen LogP contribution in [0.3, 0.4) is 0 Å². The molecule has 2 heteroatoms. The summed E-state index contributed by atoms with van der Waals surface area (Å²) in [5, 5.41) is 2.83. The van der Waals surface area contributed by atoms with Gasteiger partial charge in [-0.1, -0.05) is 43.2 Å². The molecule has 5 rings (SSSR count). The SMILES string of the molecule is Cc1c(-c2cc(C3CCCC3)c3ccccc3[n+]2C)sc2ccccc12. The summed E-state index contributed by atoms with van der Waals surface area (Å²) in [4.78, 5) is 1.42. The van der Waals surface area contributed by atoms with Crippen LogP contribution >= 0.6 is 11.3 Å². The molecule has 2 aromatic heterocycles. The van der Waals surface area contributed by atoms with Crippen molar-refractivity contribution in [3.8, 4) is 10.6 Å². The zero-order valence-corrected chi connectivity index (χ0v) is 16.3. The highest BCUT2D eigenvalue weighted by molar-refractivity contribution is 7.22. The summed E-state index contributed by atoms with van der Waals surface area (Å²) < 4.78 is 3.78. The number of aryl methyl sites for hydroxylation is 2. The van der Waals surface area contributed by atoms with Gasteiger partial charge in [0.05, 0.1) is 0 Å². The minimum Gasteiger partial charge on any atom is -0.193 e. The monoisotopic (exact) mass is 358 g/mol. The van der Waals surface area contributed by atoms with Gasteiger partial charge >= 0.3 is 0 Å². The van der Waals surface area contributed by atoms with Gasteiger partial charge in [0.25, 0.3) is 0 Å². The molecule has 0 spiro atoms. The highest BCUT2D eigenvalue weighted by Gasteiger charge is 2.26. The van der Waals surface area contributed by atoms with Crippen molar-refractivity contribution in [2.45, 2.75) is 38.5 Å². The van der Waals surface area contributed by atoms with Crippen LogP contribution in [0.1, 0.15) is 42.7 Å². The molecule has 0 bridgehead atoms. The second-order valence-corrected chi connectivity index (χ2v) is 8.65. The number of pyridine rings is 1. The van der Waals surface area contributed by atoms with Gasteiger partial charge in [0.15, 0.2) is 0 Å². The molecule has 0 unspecified atom stereocenters. The van der Waals surface area contributed by atoms with E-state index in [1.165, 1.54) is 62.8 Å². The topological polar surface area (TPSA) is 3.88 Å². The van der Waals surface area contributed by atoms with Crippen LogP contribution in [0.2, 0.25) is 0 Å². The first-order valence-electron chi connectivity index (χ1n) is 9.64. The van der Waals surface area contributed by atoms with Crippen LogP contribution in [0.15, 0.2) is 54.6 Å². The van der Waals surface area contributed by atoms with Crippen molar-refractivity contribution in [2.24, 2.45) is 7.05 Å². The number of hydrogen-bond acceptors (Lipinski definition) is 1. The van der Waals surface area contributed by atoms with Gasteiger partial charge in [-0.2, -0.15) is 4.57 Å². The minimum atomic E-state index is 0.717. The van der Waals surface area contributed by atoms with Gasteiger partial charge in [0, 0.05) is 22.2 Å². The first kappa shape index (κ1) is 16.0. The predicted octanol–water partition coefficient (Wildman–Crippen LogP) is 6.51. The summed E-state index contributed by atoms with van der Waals surface area (Å²) in [6, 6.07) is 20.2. The van der Waals surface area contributed by atoms with E-state index in [4.69, 9.17) is 0 Å². The highest BCUT2D eigenvalue weighted by Crippen LogP contribution is 2.41. The van der Waals surface area contributed by atoms with Crippen LogP contribution in [-0.2, 0) is 7.05 Å². The molecule has 1 aliphatic rings. The van der Waals surface area contributed by atoms with Crippen LogP contribution in [0.4, 0.5) is 0 Å². The van der Waals surface area contributed by atoms with E-state index in [9.17, 15) is 0 Å². The number of nitrogens with zero attached hydrogens (tertiary/aromatic N) is 1. The predicted molar refractivity (Wildman–Crippen MR) is 112 cm³/mol.